The molecular weight excluding hydrogens is 263 g/mol. The highest BCUT2D eigenvalue weighted by Gasteiger charge is 1.97. The molecule has 0 aliphatic heterocycles. The van der Waals surface area contributed by atoms with E-state index < -0.39 is 0 Å². The van der Waals surface area contributed by atoms with Gasteiger partial charge < -0.3 is 0 Å². The molecule has 0 bridgehead atoms. The van der Waals surface area contributed by atoms with Crippen LogP contribution in [0.5, 0.6) is 0 Å². The van der Waals surface area contributed by atoms with Gasteiger partial charge in [0.15, 0.2) is 0 Å². The molecule has 0 unspecified atom stereocenters. The van der Waals surface area contributed by atoms with Gasteiger partial charge in [-0.05, 0) is 29.6 Å². The Kier molecular flexibility index (Phi) is 3.83. The van der Waals surface area contributed by atoms with E-state index in [1.807, 2.05) is 23.6 Å². The van der Waals surface area contributed by atoms with Crippen LogP contribution in [-0.2, 0) is 0 Å². The summed E-state index contributed by atoms with van der Waals surface area (Å²) in [7, 11) is 0. The van der Waals surface area contributed by atoms with Crippen LogP contribution < -0.4 is 5.43 Å². The number of rotatable bonds is 3. The molecule has 1 aromatic carbocycles. The number of thiophene rings is 1. The minimum absolute atomic E-state index is 0.512. The molecule has 82 valence electrons. The number of nitrogens with zero attached hydrogens (tertiary/aromatic N) is 1. The first-order chi connectivity index (χ1) is 7.75. The lowest BCUT2D eigenvalue weighted by Crippen LogP contribution is -1.89. The van der Waals surface area contributed by atoms with Gasteiger partial charge in [-0.15, -0.1) is 11.3 Å². The maximum absolute atomic E-state index is 5.87. The summed E-state index contributed by atoms with van der Waals surface area (Å²) in [5.41, 5.74) is 3.69. The van der Waals surface area contributed by atoms with Gasteiger partial charge in [0.1, 0.15) is 0 Å². The first kappa shape index (κ1) is 11.5. The maximum atomic E-state index is 5.87. The van der Waals surface area contributed by atoms with E-state index in [0.29, 0.717) is 10.0 Å². The lowest BCUT2D eigenvalue weighted by molar-refractivity contribution is 1.35. The van der Waals surface area contributed by atoms with Crippen LogP contribution in [0.1, 0.15) is 4.88 Å². The third kappa shape index (κ3) is 2.98. The van der Waals surface area contributed by atoms with Crippen molar-refractivity contribution < 1.29 is 0 Å². The van der Waals surface area contributed by atoms with Crippen molar-refractivity contribution in [3.8, 4) is 0 Å². The van der Waals surface area contributed by atoms with Crippen LogP contribution in [0.25, 0.3) is 0 Å². The first-order valence-corrected chi connectivity index (χ1v) is 6.17. The fourth-order valence-corrected chi connectivity index (χ4v) is 1.98. The fourth-order valence-electron chi connectivity index (χ4n) is 1.10. The number of hydrogen-bond donors (Lipinski definition) is 1. The van der Waals surface area contributed by atoms with Crippen molar-refractivity contribution in [2.75, 3.05) is 5.43 Å². The van der Waals surface area contributed by atoms with E-state index in [-0.39, 0.29) is 0 Å². The monoisotopic (exact) mass is 270 g/mol. The number of benzene rings is 1. The highest BCUT2D eigenvalue weighted by Crippen LogP contribution is 2.24. The molecule has 0 saturated carbocycles. The molecule has 0 aliphatic carbocycles. The van der Waals surface area contributed by atoms with Gasteiger partial charge in [-0.25, -0.2) is 0 Å². The van der Waals surface area contributed by atoms with Crippen molar-refractivity contribution in [2.24, 2.45) is 5.10 Å². The summed E-state index contributed by atoms with van der Waals surface area (Å²) in [6.45, 7) is 0. The van der Waals surface area contributed by atoms with E-state index in [1.165, 1.54) is 0 Å². The highest BCUT2D eigenvalue weighted by molar-refractivity contribution is 7.11. The molecule has 0 aliphatic rings. The molecule has 2 nitrogen and oxygen atoms in total. The number of nitrogens with one attached hydrogen (secondary N) is 1. The smallest absolute Gasteiger partial charge is 0.0644 e. The van der Waals surface area contributed by atoms with Crippen molar-refractivity contribution in [2.45, 2.75) is 0 Å². The fraction of sp³-hybridized carbons (Fsp3) is 0. The van der Waals surface area contributed by atoms with E-state index in [2.05, 4.69) is 10.5 Å². The van der Waals surface area contributed by atoms with Gasteiger partial charge in [0, 0.05) is 4.88 Å². The third-order valence-corrected chi connectivity index (χ3v) is 3.39. The number of anilines is 1. The van der Waals surface area contributed by atoms with Crippen LogP contribution in [0.3, 0.4) is 0 Å². The van der Waals surface area contributed by atoms with E-state index >= 15 is 0 Å². The second-order valence-electron chi connectivity index (χ2n) is 3.01. The van der Waals surface area contributed by atoms with Gasteiger partial charge >= 0.3 is 0 Å². The van der Waals surface area contributed by atoms with Gasteiger partial charge in [0.25, 0.3) is 0 Å². The second kappa shape index (κ2) is 5.34. The molecule has 0 atom stereocenters. The predicted octanol–water partition coefficient (Wildman–Crippen LogP) is 4.50. The molecule has 5 heteroatoms. The Balaban J connectivity index is 2.02. The molecule has 2 aromatic rings. The SMILES string of the molecule is Clc1ccc(N/N=C/c2cccs2)cc1Cl. The molecule has 0 amide bonds. The van der Waals surface area contributed by atoms with Crippen LogP contribution in [0.4, 0.5) is 5.69 Å². The van der Waals surface area contributed by atoms with Crippen molar-refractivity contribution >= 4 is 46.4 Å². The van der Waals surface area contributed by atoms with Crippen molar-refractivity contribution in [1.82, 2.24) is 0 Å². The molecular formula is C11H8Cl2N2S. The van der Waals surface area contributed by atoms with E-state index in [1.54, 1.807) is 29.7 Å². The zero-order chi connectivity index (χ0) is 11.4. The number of hydrazone groups is 1. The van der Waals surface area contributed by atoms with Crippen molar-refractivity contribution in [3.63, 3.8) is 0 Å². The van der Waals surface area contributed by atoms with Gasteiger partial charge in [-0.3, -0.25) is 5.43 Å². The molecule has 0 saturated heterocycles. The Labute approximate surface area is 108 Å². The first-order valence-electron chi connectivity index (χ1n) is 4.53. The number of hydrogen-bond acceptors (Lipinski definition) is 3. The topological polar surface area (TPSA) is 24.4 Å². The molecule has 1 N–H and O–H groups in total. The molecule has 0 spiro atoms. The van der Waals surface area contributed by atoms with E-state index in [4.69, 9.17) is 23.2 Å². The standard InChI is InChI=1S/C11H8Cl2N2S/c12-10-4-3-8(6-11(10)13)15-14-7-9-2-1-5-16-9/h1-7,15H/b14-7+. The Bertz CT molecular complexity index is 495. The summed E-state index contributed by atoms with van der Waals surface area (Å²) in [6.07, 6.45) is 1.76. The lowest BCUT2D eigenvalue weighted by atomic mass is 10.3. The van der Waals surface area contributed by atoms with Crippen LogP contribution in [-0.4, -0.2) is 6.21 Å². The molecule has 0 radical (unpaired) electrons. The van der Waals surface area contributed by atoms with Crippen molar-refractivity contribution in [3.05, 3.63) is 50.6 Å². The summed E-state index contributed by atoms with van der Waals surface area (Å²) in [5.74, 6) is 0. The lowest BCUT2D eigenvalue weighted by Gasteiger charge is -2.01. The van der Waals surface area contributed by atoms with Gasteiger partial charge in [0.05, 0.1) is 21.9 Å². The molecule has 16 heavy (non-hydrogen) atoms. The molecule has 0 fully saturated rings. The minimum atomic E-state index is 0.512. The van der Waals surface area contributed by atoms with E-state index in [9.17, 15) is 0 Å². The van der Waals surface area contributed by atoms with E-state index in [0.717, 1.165) is 10.6 Å². The van der Waals surface area contributed by atoms with Crippen LogP contribution in [0.15, 0.2) is 40.8 Å². The molecule has 1 aromatic heterocycles. The zero-order valence-corrected chi connectivity index (χ0v) is 10.5. The van der Waals surface area contributed by atoms with Gasteiger partial charge in [-0.2, -0.15) is 5.10 Å². The average Bonchev–Trinajstić information content (AvgIpc) is 2.76. The zero-order valence-electron chi connectivity index (χ0n) is 8.15. The predicted molar refractivity (Wildman–Crippen MR) is 72.0 cm³/mol. The maximum Gasteiger partial charge on any atom is 0.0644 e. The molecule has 1 heterocycles. The summed E-state index contributed by atoms with van der Waals surface area (Å²) >= 11 is 13.3. The molecule has 2 rings (SSSR count). The van der Waals surface area contributed by atoms with Crippen molar-refractivity contribution in [1.29, 1.82) is 0 Å². The largest absolute Gasteiger partial charge is 0.278 e. The Morgan fingerprint density at radius 3 is 2.75 bits per heavy atom. The summed E-state index contributed by atoms with van der Waals surface area (Å²) in [6, 6.07) is 9.25. The Hall–Kier alpha value is -1.03. The summed E-state index contributed by atoms with van der Waals surface area (Å²) < 4.78 is 0. The average molecular weight is 271 g/mol. The normalized spacial score (nSPS) is 10.9. The third-order valence-electron chi connectivity index (χ3n) is 1.85. The Morgan fingerprint density at radius 2 is 2.06 bits per heavy atom. The van der Waals surface area contributed by atoms with Crippen LogP contribution in [0.2, 0.25) is 10.0 Å². The quantitative estimate of drug-likeness (QED) is 0.645. The Morgan fingerprint density at radius 1 is 1.19 bits per heavy atom. The van der Waals surface area contributed by atoms with Gasteiger partial charge in [0.2, 0.25) is 0 Å². The van der Waals surface area contributed by atoms with Gasteiger partial charge in [-0.1, -0.05) is 29.3 Å². The minimum Gasteiger partial charge on any atom is -0.278 e. The van der Waals surface area contributed by atoms with Crippen LogP contribution in [0, 0.1) is 0 Å². The summed E-state index contributed by atoms with van der Waals surface area (Å²) in [5, 5.41) is 7.14. The number of halogens is 2. The second-order valence-corrected chi connectivity index (χ2v) is 4.81. The summed E-state index contributed by atoms with van der Waals surface area (Å²) in [4.78, 5) is 1.09. The highest BCUT2D eigenvalue weighted by atomic mass is 35.5. The van der Waals surface area contributed by atoms with Crippen LogP contribution >= 0.6 is 34.5 Å².